The molecule has 1 fully saturated rings. The van der Waals surface area contributed by atoms with Crippen LogP contribution in [0.2, 0.25) is 0 Å². The Hall–Kier alpha value is -2.51. The summed E-state index contributed by atoms with van der Waals surface area (Å²) in [5.41, 5.74) is 2.34. The zero-order chi connectivity index (χ0) is 20.3. The van der Waals surface area contributed by atoms with Gasteiger partial charge in [-0.15, -0.1) is 0 Å². The van der Waals surface area contributed by atoms with Crippen LogP contribution >= 0.6 is 0 Å². The molecule has 0 spiro atoms. The molecule has 2 aromatic rings. The molecule has 7 nitrogen and oxygen atoms in total. The highest BCUT2D eigenvalue weighted by molar-refractivity contribution is 6.06. The molecule has 1 N–H and O–H groups in total. The predicted molar refractivity (Wildman–Crippen MR) is 108 cm³/mol. The normalized spacial score (nSPS) is 15.8. The Balaban J connectivity index is 1.62. The van der Waals surface area contributed by atoms with Gasteiger partial charge in [0, 0.05) is 43.3 Å². The van der Waals surface area contributed by atoms with Gasteiger partial charge < -0.3 is 14.7 Å². The molecule has 1 aromatic carbocycles. The molecule has 150 valence electrons. The molecular weight excluding hydrogens is 356 g/mol. The molecule has 2 heterocycles. The average molecular weight is 384 g/mol. The van der Waals surface area contributed by atoms with Crippen LogP contribution in [0.3, 0.4) is 0 Å². The summed E-state index contributed by atoms with van der Waals surface area (Å²) in [6.45, 7) is 9.88. The topological polar surface area (TPSA) is 78.7 Å². The van der Waals surface area contributed by atoms with Crippen molar-refractivity contribution in [2.24, 2.45) is 0 Å². The first-order valence-electron chi connectivity index (χ1n) is 9.67. The van der Waals surface area contributed by atoms with Gasteiger partial charge in [-0.2, -0.15) is 0 Å². The summed E-state index contributed by atoms with van der Waals surface area (Å²) in [6.07, 6.45) is 0. The third kappa shape index (κ3) is 4.66. The molecule has 1 amide bonds. The van der Waals surface area contributed by atoms with Crippen LogP contribution in [0.25, 0.3) is 0 Å². The van der Waals surface area contributed by atoms with Crippen LogP contribution in [-0.4, -0.2) is 66.4 Å². The van der Waals surface area contributed by atoms with Crippen molar-refractivity contribution in [3.05, 3.63) is 46.8 Å². The first kappa shape index (κ1) is 20.2. The van der Waals surface area contributed by atoms with Crippen molar-refractivity contribution in [2.75, 3.05) is 45.1 Å². The number of aryl methyl sites for hydroxylation is 1. The molecule has 1 aliphatic rings. The van der Waals surface area contributed by atoms with E-state index >= 15 is 0 Å². The molecule has 1 aliphatic heterocycles. The van der Waals surface area contributed by atoms with Gasteiger partial charge in [-0.05, 0) is 38.2 Å². The first-order valence-corrected chi connectivity index (χ1v) is 9.67. The van der Waals surface area contributed by atoms with Gasteiger partial charge in [-0.1, -0.05) is 19.0 Å². The second-order valence-corrected chi connectivity index (χ2v) is 7.70. The maximum atomic E-state index is 12.6. The van der Waals surface area contributed by atoms with Crippen molar-refractivity contribution < 1.29 is 14.1 Å². The van der Waals surface area contributed by atoms with E-state index in [4.69, 9.17) is 4.52 Å². The number of aromatic nitrogens is 1. The average Bonchev–Trinajstić information content (AvgIpc) is 3.06. The van der Waals surface area contributed by atoms with Crippen LogP contribution in [0.4, 0.5) is 5.69 Å². The first-order chi connectivity index (χ1) is 13.3. The largest absolute Gasteiger partial charge is 0.360 e. The highest BCUT2D eigenvalue weighted by atomic mass is 16.5. The minimum atomic E-state index is -0.251. The van der Waals surface area contributed by atoms with Crippen LogP contribution < -0.4 is 5.32 Å². The lowest BCUT2D eigenvalue weighted by atomic mass is 10.0. The molecule has 0 unspecified atom stereocenters. The van der Waals surface area contributed by atoms with Crippen LogP contribution in [0.5, 0.6) is 0 Å². The van der Waals surface area contributed by atoms with Gasteiger partial charge in [0.25, 0.3) is 5.91 Å². The highest BCUT2D eigenvalue weighted by Gasteiger charge is 2.23. The second-order valence-electron chi connectivity index (χ2n) is 7.70. The zero-order valence-electron chi connectivity index (χ0n) is 17.0. The van der Waals surface area contributed by atoms with Crippen molar-refractivity contribution in [1.29, 1.82) is 0 Å². The Morgan fingerprint density at radius 1 is 1.14 bits per heavy atom. The summed E-state index contributed by atoms with van der Waals surface area (Å²) in [5.74, 6) is 0.490. The van der Waals surface area contributed by atoms with Crippen molar-refractivity contribution in [2.45, 2.75) is 26.7 Å². The Kier molecular flexibility index (Phi) is 6.26. The third-order valence-electron chi connectivity index (χ3n) is 5.07. The molecule has 0 atom stereocenters. The SMILES string of the molecule is Cc1noc(C(C)C)c1C(=O)Nc1ccc(C(=O)CN2CCN(C)CC2)cc1. The molecule has 28 heavy (non-hydrogen) atoms. The fraction of sp³-hybridized carbons (Fsp3) is 0.476. The zero-order valence-corrected chi connectivity index (χ0v) is 17.0. The summed E-state index contributed by atoms with van der Waals surface area (Å²) in [5, 5.41) is 6.78. The number of piperazine rings is 1. The fourth-order valence-corrected chi connectivity index (χ4v) is 3.29. The van der Waals surface area contributed by atoms with Gasteiger partial charge in [-0.3, -0.25) is 14.5 Å². The Labute approximate surface area is 165 Å². The second kappa shape index (κ2) is 8.67. The monoisotopic (exact) mass is 384 g/mol. The Morgan fingerprint density at radius 3 is 2.39 bits per heavy atom. The minimum absolute atomic E-state index is 0.0662. The number of rotatable bonds is 6. The van der Waals surface area contributed by atoms with E-state index in [0.29, 0.717) is 34.8 Å². The van der Waals surface area contributed by atoms with Crippen molar-refractivity contribution >= 4 is 17.4 Å². The summed E-state index contributed by atoms with van der Waals surface area (Å²) in [7, 11) is 2.09. The summed E-state index contributed by atoms with van der Waals surface area (Å²) in [6, 6.07) is 7.04. The van der Waals surface area contributed by atoms with E-state index in [-0.39, 0.29) is 17.6 Å². The number of carbonyl (C=O) groups is 2. The smallest absolute Gasteiger partial charge is 0.261 e. The van der Waals surface area contributed by atoms with Crippen LogP contribution in [-0.2, 0) is 0 Å². The van der Waals surface area contributed by atoms with Gasteiger partial charge in [0.1, 0.15) is 5.56 Å². The number of anilines is 1. The van der Waals surface area contributed by atoms with Crippen LogP contribution in [0.1, 0.15) is 51.9 Å². The van der Waals surface area contributed by atoms with Crippen molar-refractivity contribution in [3.63, 3.8) is 0 Å². The predicted octanol–water partition coefficient (Wildman–Crippen LogP) is 2.79. The van der Waals surface area contributed by atoms with E-state index < -0.39 is 0 Å². The summed E-state index contributed by atoms with van der Waals surface area (Å²) < 4.78 is 5.28. The number of nitrogens with zero attached hydrogens (tertiary/aromatic N) is 3. The Morgan fingerprint density at radius 2 is 1.79 bits per heavy atom. The lowest BCUT2D eigenvalue weighted by Crippen LogP contribution is -2.46. The van der Waals surface area contributed by atoms with Crippen molar-refractivity contribution in [3.8, 4) is 0 Å². The fourth-order valence-electron chi connectivity index (χ4n) is 3.29. The standard InChI is InChI=1S/C21H28N4O3/c1-14(2)20-19(15(3)23-28-20)21(27)22-17-7-5-16(6-8-17)18(26)13-25-11-9-24(4)10-12-25/h5-8,14H,9-13H2,1-4H3,(H,22,27). The Bertz CT molecular complexity index is 834. The number of likely N-dealkylation sites (N-methyl/N-ethyl adjacent to an activating group) is 1. The number of carbonyl (C=O) groups excluding carboxylic acids is 2. The molecule has 0 radical (unpaired) electrons. The lowest BCUT2D eigenvalue weighted by molar-refractivity contribution is 0.0876. The van der Waals surface area contributed by atoms with E-state index in [0.717, 1.165) is 26.2 Å². The van der Waals surface area contributed by atoms with Crippen LogP contribution in [0, 0.1) is 6.92 Å². The van der Waals surface area contributed by atoms with Gasteiger partial charge in [0.05, 0.1) is 12.2 Å². The molecule has 3 rings (SSSR count). The van der Waals surface area contributed by atoms with E-state index in [1.807, 2.05) is 13.8 Å². The van der Waals surface area contributed by atoms with Crippen molar-refractivity contribution in [1.82, 2.24) is 15.0 Å². The quantitative estimate of drug-likeness (QED) is 0.772. The summed E-state index contributed by atoms with van der Waals surface area (Å²) >= 11 is 0. The number of ketones is 1. The van der Waals surface area contributed by atoms with E-state index in [1.54, 1.807) is 31.2 Å². The van der Waals surface area contributed by atoms with Crippen LogP contribution in [0.15, 0.2) is 28.8 Å². The third-order valence-corrected chi connectivity index (χ3v) is 5.07. The number of hydrogen-bond acceptors (Lipinski definition) is 6. The van der Waals surface area contributed by atoms with Gasteiger partial charge in [0.15, 0.2) is 11.5 Å². The molecular formula is C21H28N4O3. The molecule has 1 saturated heterocycles. The maximum absolute atomic E-state index is 12.6. The molecule has 0 saturated carbocycles. The van der Waals surface area contributed by atoms with E-state index in [1.165, 1.54) is 0 Å². The highest BCUT2D eigenvalue weighted by Crippen LogP contribution is 2.23. The number of nitrogens with one attached hydrogen (secondary N) is 1. The number of benzene rings is 1. The number of amides is 1. The molecule has 1 aromatic heterocycles. The van der Waals surface area contributed by atoms with E-state index in [2.05, 4.69) is 27.3 Å². The van der Waals surface area contributed by atoms with E-state index in [9.17, 15) is 9.59 Å². The number of Topliss-reactive ketones (excluding diaryl/α,β-unsaturated/α-hetero) is 1. The van der Waals surface area contributed by atoms with Gasteiger partial charge >= 0.3 is 0 Å². The maximum Gasteiger partial charge on any atom is 0.261 e. The minimum Gasteiger partial charge on any atom is -0.360 e. The molecule has 0 bridgehead atoms. The molecule has 7 heteroatoms. The van der Waals surface area contributed by atoms with Gasteiger partial charge in [0.2, 0.25) is 0 Å². The van der Waals surface area contributed by atoms with Gasteiger partial charge in [-0.25, -0.2) is 0 Å². The number of hydrogen-bond donors (Lipinski definition) is 1. The summed E-state index contributed by atoms with van der Waals surface area (Å²) in [4.78, 5) is 29.6. The molecule has 0 aliphatic carbocycles. The lowest BCUT2D eigenvalue weighted by Gasteiger charge is -2.31.